The number of nitrogens with zero attached hydrogens (tertiary/aromatic N) is 1. The zero-order chi connectivity index (χ0) is 18.7. The summed E-state index contributed by atoms with van der Waals surface area (Å²) < 4.78 is 10.4. The maximum absolute atomic E-state index is 11.6. The van der Waals surface area contributed by atoms with Gasteiger partial charge in [0.25, 0.3) is 0 Å². The number of nitrogens with two attached hydrogens (primary N) is 1. The standard InChI is InChI=1S/C19H31N3O3/c1-19(2,3)25-17(23)9-7-5-6-8-14-21-18(20)22-15-10-12-16(24-4)13-11-15/h10-13H,5-9,14H2,1-4H3,(H3,20,21,22). The molecule has 1 aromatic rings. The van der Waals surface area contributed by atoms with Crippen molar-refractivity contribution >= 4 is 17.6 Å². The largest absolute Gasteiger partial charge is 0.497 e. The summed E-state index contributed by atoms with van der Waals surface area (Å²) in [7, 11) is 1.63. The number of aliphatic imine (C=N–C) groups is 1. The van der Waals surface area contributed by atoms with Gasteiger partial charge in [-0.25, -0.2) is 0 Å². The average molecular weight is 349 g/mol. The first-order valence-electron chi connectivity index (χ1n) is 8.73. The minimum absolute atomic E-state index is 0.126. The highest BCUT2D eigenvalue weighted by molar-refractivity contribution is 5.92. The van der Waals surface area contributed by atoms with Crippen molar-refractivity contribution in [3.8, 4) is 5.75 Å². The van der Waals surface area contributed by atoms with Crippen LogP contribution >= 0.6 is 0 Å². The Bertz CT molecular complexity index is 548. The Labute approximate surface area is 150 Å². The van der Waals surface area contributed by atoms with Gasteiger partial charge < -0.3 is 20.5 Å². The number of guanidine groups is 1. The molecule has 0 saturated heterocycles. The summed E-state index contributed by atoms with van der Waals surface area (Å²) in [6.45, 7) is 6.31. The molecule has 3 N–H and O–H groups in total. The first-order valence-corrected chi connectivity index (χ1v) is 8.73. The number of esters is 1. The van der Waals surface area contributed by atoms with Crippen molar-refractivity contribution < 1.29 is 14.3 Å². The van der Waals surface area contributed by atoms with Crippen LogP contribution in [0.5, 0.6) is 5.75 Å². The smallest absolute Gasteiger partial charge is 0.306 e. The van der Waals surface area contributed by atoms with Gasteiger partial charge in [0.15, 0.2) is 5.96 Å². The molecule has 1 rings (SSSR count). The fraction of sp³-hybridized carbons (Fsp3) is 0.579. The second-order valence-electron chi connectivity index (χ2n) is 6.87. The van der Waals surface area contributed by atoms with E-state index in [0.29, 0.717) is 18.9 Å². The van der Waals surface area contributed by atoms with Crippen molar-refractivity contribution in [3.63, 3.8) is 0 Å². The van der Waals surface area contributed by atoms with Gasteiger partial charge in [-0.3, -0.25) is 9.79 Å². The number of methoxy groups -OCH3 is 1. The van der Waals surface area contributed by atoms with Crippen molar-refractivity contribution in [3.05, 3.63) is 24.3 Å². The van der Waals surface area contributed by atoms with E-state index in [1.54, 1.807) is 7.11 Å². The zero-order valence-corrected chi connectivity index (χ0v) is 15.8. The summed E-state index contributed by atoms with van der Waals surface area (Å²) in [6.07, 6.45) is 4.27. The summed E-state index contributed by atoms with van der Waals surface area (Å²) in [4.78, 5) is 15.9. The maximum atomic E-state index is 11.6. The molecule has 1 aromatic carbocycles. The van der Waals surface area contributed by atoms with E-state index in [2.05, 4.69) is 10.3 Å². The van der Waals surface area contributed by atoms with Crippen LogP contribution in [0.25, 0.3) is 0 Å². The van der Waals surface area contributed by atoms with E-state index in [9.17, 15) is 4.79 Å². The van der Waals surface area contributed by atoms with Crippen LogP contribution < -0.4 is 15.8 Å². The number of carbonyl (C=O) groups is 1. The van der Waals surface area contributed by atoms with E-state index in [1.165, 1.54) is 0 Å². The molecule has 25 heavy (non-hydrogen) atoms. The van der Waals surface area contributed by atoms with Gasteiger partial charge in [0.05, 0.1) is 7.11 Å². The lowest BCUT2D eigenvalue weighted by molar-refractivity contribution is -0.154. The molecule has 0 aliphatic heterocycles. The third kappa shape index (κ3) is 10.3. The van der Waals surface area contributed by atoms with Crippen LogP contribution in [-0.4, -0.2) is 31.2 Å². The second kappa shape index (κ2) is 10.6. The van der Waals surface area contributed by atoms with E-state index in [1.807, 2.05) is 45.0 Å². The number of unbranched alkanes of at least 4 members (excludes halogenated alkanes) is 3. The molecule has 0 atom stereocenters. The molecular weight excluding hydrogens is 318 g/mol. The molecule has 0 unspecified atom stereocenters. The molecule has 0 bridgehead atoms. The molecule has 0 saturated carbocycles. The lowest BCUT2D eigenvalue weighted by Gasteiger charge is -2.19. The van der Waals surface area contributed by atoms with E-state index >= 15 is 0 Å². The highest BCUT2D eigenvalue weighted by Gasteiger charge is 2.15. The molecule has 140 valence electrons. The number of rotatable bonds is 9. The van der Waals surface area contributed by atoms with Gasteiger partial charge in [-0.2, -0.15) is 0 Å². The Kier molecular flexibility index (Phi) is 8.81. The first-order chi connectivity index (χ1) is 11.8. The van der Waals surface area contributed by atoms with Crippen molar-refractivity contribution in [2.24, 2.45) is 10.7 Å². The molecule has 0 amide bonds. The van der Waals surface area contributed by atoms with E-state index in [0.717, 1.165) is 37.1 Å². The lowest BCUT2D eigenvalue weighted by Crippen LogP contribution is -2.23. The molecule has 0 aliphatic carbocycles. The molecule has 0 heterocycles. The van der Waals surface area contributed by atoms with Gasteiger partial charge in [-0.1, -0.05) is 12.8 Å². The number of hydrogen-bond acceptors (Lipinski definition) is 4. The molecule has 6 nitrogen and oxygen atoms in total. The predicted molar refractivity (Wildman–Crippen MR) is 102 cm³/mol. The van der Waals surface area contributed by atoms with Crippen molar-refractivity contribution in [2.75, 3.05) is 19.0 Å². The molecule has 0 fully saturated rings. The van der Waals surface area contributed by atoms with Crippen molar-refractivity contribution in [2.45, 2.75) is 58.5 Å². The quantitative estimate of drug-likeness (QED) is 0.307. The van der Waals surface area contributed by atoms with Gasteiger partial charge in [0.1, 0.15) is 11.4 Å². The van der Waals surface area contributed by atoms with Crippen LogP contribution in [0.2, 0.25) is 0 Å². The lowest BCUT2D eigenvalue weighted by atomic mass is 10.1. The SMILES string of the molecule is COc1ccc(NC(N)=NCCCCCCC(=O)OC(C)(C)C)cc1. The molecular formula is C19H31N3O3. The summed E-state index contributed by atoms with van der Waals surface area (Å²) in [5.41, 5.74) is 6.33. The third-order valence-electron chi connectivity index (χ3n) is 3.35. The van der Waals surface area contributed by atoms with Crippen molar-refractivity contribution in [1.82, 2.24) is 0 Å². The van der Waals surface area contributed by atoms with Crippen LogP contribution in [0.4, 0.5) is 5.69 Å². The van der Waals surface area contributed by atoms with Crippen molar-refractivity contribution in [1.29, 1.82) is 0 Å². The maximum Gasteiger partial charge on any atom is 0.306 e. The van der Waals surface area contributed by atoms with Crippen LogP contribution in [0.1, 0.15) is 52.9 Å². The molecule has 0 aromatic heterocycles. The minimum Gasteiger partial charge on any atom is -0.497 e. The normalized spacial score (nSPS) is 11.9. The number of hydrogen-bond donors (Lipinski definition) is 2. The Morgan fingerprint density at radius 1 is 1.12 bits per heavy atom. The second-order valence-corrected chi connectivity index (χ2v) is 6.87. The number of benzene rings is 1. The van der Waals surface area contributed by atoms with Gasteiger partial charge in [-0.15, -0.1) is 0 Å². The van der Waals surface area contributed by atoms with Crippen LogP contribution in [-0.2, 0) is 9.53 Å². The molecule has 6 heteroatoms. The Morgan fingerprint density at radius 3 is 2.36 bits per heavy atom. The van der Waals surface area contributed by atoms with Crippen LogP contribution in [0, 0.1) is 0 Å². The monoisotopic (exact) mass is 349 g/mol. The Morgan fingerprint density at radius 2 is 1.76 bits per heavy atom. The van der Waals surface area contributed by atoms with Crippen LogP contribution in [0.15, 0.2) is 29.3 Å². The predicted octanol–water partition coefficient (Wildman–Crippen LogP) is 3.71. The summed E-state index contributed by atoms with van der Waals surface area (Å²) in [6, 6.07) is 7.50. The number of nitrogens with one attached hydrogen (secondary N) is 1. The summed E-state index contributed by atoms with van der Waals surface area (Å²) in [5, 5.41) is 3.04. The zero-order valence-electron chi connectivity index (χ0n) is 15.8. The average Bonchev–Trinajstić information content (AvgIpc) is 2.53. The third-order valence-corrected chi connectivity index (χ3v) is 3.35. The fourth-order valence-electron chi connectivity index (χ4n) is 2.19. The highest BCUT2D eigenvalue weighted by Crippen LogP contribution is 2.14. The molecule has 0 radical (unpaired) electrons. The molecule has 0 aliphatic rings. The number of ether oxygens (including phenoxy) is 2. The topological polar surface area (TPSA) is 85.9 Å². The van der Waals surface area contributed by atoms with Gasteiger partial charge in [-0.05, 0) is 57.9 Å². The number of anilines is 1. The van der Waals surface area contributed by atoms with Gasteiger partial charge >= 0.3 is 5.97 Å². The highest BCUT2D eigenvalue weighted by atomic mass is 16.6. The van der Waals surface area contributed by atoms with Gasteiger partial charge in [0.2, 0.25) is 0 Å². The Hall–Kier alpha value is -2.24. The first kappa shape index (κ1) is 20.8. The summed E-state index contributed by atoms with van der Waals surface area (Å²) >= 11 is 0. The fourth-order valence-corrected chi connectivity index (χ4v) is 2.19. The van der Waals surface area contributed by atoms with Gasteiger partial charge in [0, 0.05) is 18.7 Å². The minimum atomic E-state index is -0.403. The summed E-state index contributed by atoms with van der Waals surface area (Å²) in [5.74, 6) is 1.07. The van der Waals surface area contributed by atoms with E-state index in [-0.39, 0.29) is 5.97 Å². The van der Waals surface area contributed by atoms with Crippen LogP contribution in [0.3, 0.4) is 0 Å². The van der Waals surface area contributed by atoms with E-state index < -0.39 is 5.60 Å². The Balaban J connectivity index is 2.13. The molecule has 0 spiro atoms. The number of carbonyl (C=O) groups excluding carboxylic acids is 1. The van der Waals surface area contributed by atoms with E-state index in [4.69, 9.17) is 15.2 Å².